The molecule has 0 unspecified atom stereocenters. The van der Waals surface area contributed by atoms with Crippen LogP contribution in [-0.2, 0) is 0 Å². The zero-order valence-corrected chi connectivity index (χ0v) is 18.0. The SMILES string of the molecule is CCC[C@H](CCO)N=Cc1cc(NC(=O)c2cccc(C)[n+]2OC)c(OC)cc1N. The number of amides is 1. The lowest BCUT2D eigenvalue weighted by atomic mass is 10.1. The summed E-state index contributed by atoms with van der Waals surface area (Å²) in [5.74, 6) is 0.0886. The van der Waals surface area contributed by atoms with Crippen molar-refractivity contribution >= 4 is 23.5 Å². The maximum absolute atomic E-state index is 12.9. The van der Waals surface area contributed by atoms with Crippen LogP contribution in [0.4, 0.5) is 11.4 Å². The zero-order valence-electron chi connectivity index (χ0n) is 18.0. The van der Waals surface area contributed by atoms with Crippen molar-refractivity contribution in [3.8, 4) is 5.75 Å². The van der Waals surface area contributed by atoms with Crippen molar-refractivity contribution in [3.63, 3.8) is 0 Å². The Bertz CT molecular complexity index is 893. The van der Waals surface area contributed by atoms with E-state index in [1.165, 1.54) is 19.0 Å². The molecule has 1 atom stereocenters. The number of benzene rings is 1. The lowest BCUT2D eigenvalue weighted by Gasteiger charge is -2.13. The van der Waals surface area contributed by atoms with Gasteiger partial charge in [0, 0.05) is 53.9 Å². The van der Waals surface area contributed by atoms with E-state index in [1.807, 2.05) is 13.0 Å². The molecule has 0 aliphatic carbocycles. The van der Waals surface area contributed by atoms with Crippen LogP contribution in [0.25, 0.3) is 0 Å². The van der Waals surface area contributed by atoms with Gasteiger partial charge in [-0.15, -0.1) is 0 Å². The Balaban J connectivity index is 2.35. The molecule has 4 N–H and O–H groups in total. The molecule has 0 saturated heterocycles. The van der Waals surface area contributed by atoms with Crippen LogP contribution < -0.4 is 25.4 Å². The second-order valence-corrected chi connectivity index (χ2v) is 6.90. The summed E-state index contributed by atoms with van der Waals surface area (Å²) in [4.78, 5) is 22.8. The smallest absolute Gasteiger partial charge is 0.325 e. The molecule has 8 heteroatoms. The number of anilines is 2. The molecule has 2 aromatic rings. The summed E-state index contributed by atoms with van der Waals surface area (Å²) >= 11 is 0. The number of carbonyl (C=O) groups is 1. The van der Waals surface area contributed by atoms with Crippen LogP contribution >= 0.6 is 0 Å². The van der Waals surface area contributed by atoms with Crippen LogP contribution in [0.5, 0.6) is 5.75 Å². The Morgan fingerprint density at radius 1 is 1.33 bits per heavy atom. The number of carbonyl (C=O) groups excluding carboxylic acids is 1. The lowest BCUT2D eigenvalue weighted by molar-refractivity contribution is -0.890. The van der Waals surface area contributed by atoms with Crippen molar-refractivity contribution in [2.45, 2.75) is 39.2 Å². The molecule has 0 aliphatic heterocycles. The van der Waals surface area contributed by atoms with Crippen LogP contribution in [0.3, 0.4) is 0 Å². The molecule has 1 heterocycles. The van der Waals surface area contributed by atoms with E-state index in [1.54, 1.807) is 30.5 Å². The van der Waals surface area contributed by atoms with Gasteiger partial charge in [0.2, 0.25) is 5.69 Å². The number of hydrogen-bond acceptors (Lipinski definition) is 6. The number of aliphatic imine (C=N–C) groups is 1. The first-order valence-electron chi connectivity index (χ1n) is 9.94. The van der Waals surface area contributed by atoms with E-state index >= 15 is 0 Å². The third kappa shape index (κ3) is 5.70. The highest BCUT2D eigenvalue weighted by atomic mass is 16.6. The first-order valence-corrected chi connectivity index (χ1v) is 9.94. The van der Waals surface area contributed by atoms with Gasteiger partial charge in [-0.05, 0) is 25.0 Å². The molecular formula is C22H31N4O4+. The Morgan fingerprint density at radius 2 is 2.10 bits per heavy atom. The number of hydrogen-bond donors (Lipinski definition) is 3. The number of rotatable bonds is 10. The van der Waals surface area contributed by atoms with Crippen LogP contribution in [0.15, 0.2) is 35.3 Å². The van der Waals surface area contributed by atoms with Gasteiger partial charge < -0.3 is 20.9 Å². The van der Waals surface area contributed by atoms with E-state index in [-0.39, 0.29) is 18.6 Å². The number of aliphatic hydroxyl groups is 1. The molecule has 0 bridgehead atoms. The second kappa shape index (κ2) is 11.2. The van der Waals surface area contributed by atoms with Gasteiger partial charge in [-0.3, -0.25) is 14.6 Å². The maximum atomic E-state index is 12.9. The second-order valence-electron chi connectivity index (χ2n) is 6.90. The molecule has 2 rings (SSSR count). The van der Waals surface area contributed by atoms with Gasteiger partial charge in [0.05, 0.1) is 18.8 Å². The first-order chi connectivity index (χ1) is 14.4. The standard InChI is InChI=1S/C22H30N4O4/c1-5-7-17(10-11-27)24-14-16-12-19(21(29-3)13-18(16)23)25-22(28)20-9-6-8-15(2)26(20)30-4/h6,8-9,12-14,17,23,27-28H,5,7,10-11H2,1-4H3/p+1/t17-/m1/s1. The number of nitrogen functional groups attached to an aromatic ring is 1. The summed E-state index contributed by atoms with van der Waals surface area (Å²) in [5.41, 5.74) is 8.89. The van der Waals surface area contributed by atoms with Gasteiger partial charge >= 0.3 is 11.6 Å². The van der Waals surface area contributed by atoms with Gasteiger partial charge in [0.25, 0.3) is 0 Å². The molecule has 8 nitrogen and oxygen atoms in total. The maximum Gasteiger partial charge on any atom is 0.325 e. The fourth-order valence-electron chi connectivity index (χ4n) is 3.15. The number of aliphatic hydroxyl groups excluding tert-OH is 1. The zero-order chi connectivity index (χ0) is 22.1. The highest BCUT2D eigenvalue weighted by molar-refractivity contribution is 6.04. The van der Waals surface area contributed by atoms with Crippen molar-refractivity contribution in [3.05, 3.63) is 47.3 Å². The van der Waals surface area contributed by atoms with Gasteiger partial charge in [-0.1, -0.05) is 13.3 Å². The fraction of sp³-hybridized carbons (Fsp3) is 0.409. The third-order valence-corrected chi connectivity index (χ3v) is 4.71. The summed E-state index contributed by atoms with van der Waals surface area (Å²) in [5, 5.41) is 12.1. The molecule has 0 radical (unpaired) electrons. The van der Waals surface area contributed by atoms with Gasteiger partial charge in [-0.2, -0.15) is 0 Å². The van der Waals surface area contributed by atoms with E-state index < -0.39 is 0 Å². The fourth-order valence-corrected chi connectivity index (χ4v) is 3.15. The van der Waals surface area contributed by atoms with Gasteiger partial charge in [0.15, 0.2) is 0 Å². The van der Waals surface area contributed by atoms with Crippen molar-refractivity contribution in [2.75, 3.05) is 31.9 Å². The topological polar surface area (TPSA) is 110 Å². The normalized spacial score (nSPS) is 12.0. The molecule has 0 aliphatic rings. The average Bonchev–Trinajstić information content (AvgIpc) is 2.73. The average molecular weight is 416 g/mol. The predicted molar refractivity (Wildman–Crippen MR) is 117 cm³/mol. The summed E-state index contributed by atoms with van der Waals surface area (Å²) in [6, 6.07) is 8.70. The summed E-state index contributed by atoms with van der Waals surface area (Å²) in [6.45, 7) is 4.00. The van der Waals surface area contributed by atoms with Gasteiger partial charge in [-0.25, -0.2) is 0 Å². The number of nitrogens with one attached hydrogen (secondary N) is 1. The Morgan fingerprint density at radius 3 is 2.73 bits per heavy atom. The van der Waals surface area contributed by atoms with Crippen LogP contribution in [0.1, 0.15) is 47.9 Å². The van der Waals surface area contributed by atoms with E-state index in [2.05, 4.69) is 17.2 Å². The number of ether oxygens (including phenoxy) is 1. The largest absolute Gasteiger partial charge is 0.494 e. The minimum Gasteiger partial charge on any atom is -0.494 e. The number of aryl methyl sites for hydroxylation is 1. The van der Waals surface area contributed by atoms with Gasteiger partial charge in [0.1, 0.15) is 12.9 Å². The highest BCUT2D eigenvalue weighted by Crippen LogP contribution is 2.30. The predicted octanol–water partition coefficient (Wildman–Crippen LogP) is 2.15. The molecule has 0 saturated carbocycles. The van der Waals surface area contributed by atoms with Crippen molar-refractivity contribution in [2.24, 2.45) is 4.99 Å². The van der Waals surface area contributed by atoms with E-state index in [0.29, 0.717) is 34.8 Å². The molecule has 1 aromatic carbocycles. The van der Waals surface area contributed by atoms with Crippen LogP contribution in [0, 0.1) is 6.92 Å². The van der Waals surface area contributed by atoms with Crippen molar-refractivity contribution in [1.29, 1.82) is 0 Å². The molecule has 0 spiro atoms. The third-order valence-electron chi connectivity index (χ3n) is 4.71. The monoisotopic (exact) mass is 415 g/mol. The minimum atomic E-state index is -0.351. The number of nitrogens with zero attached hydrogens (tertiary/aromatic N) is 2. The van der Waals surface area contributed by atoms with E-state index in [0.717, 1.165) is 18.5 Å². The molecule has 0 fully saturated rings. The number of nitrogens with two attached hydrogens (primary N) is 1. The van der Waals surface area contributed by atoms with E-state index in [4.69, 9.17) is 15.3 Å². The quantitative estimate of drug-likeness (QED) is 0.313. The Hall–Kier alpha value is -3.13. The molecular weight excluding hydrogens is 384 g/mol. The summed E-state index contributed by atoms with van der Waals surface area (Å²) < 4.78 is 6.84. The minimum absolute atomic E-state index is 0.0208. The summed E-state index contributed by atoms with van der Waals surface area (Å²) in [6.07, 6.45) is 4.12. The molecule has 1 aromatic heterocycles. The van der Waals surface area contributed by atoms with E-state index in [9.17, 15) is 9.90 Å². The Labute approximate surface area is 177 Å². The summed E-state index contributed by atoms with van der Waals surface area (Å²) in [7, 11) is 3.01. The first kappa shape index (κ1) is 23.2. The van der Waals surface area contributed by atoms with Crippen molar-refractivity contribution in [1.82, 2.24) is 0 Å². The lowest BCUT2D eigenvalue weighted by Crippen LogP contribution is -2.49. The highest BCUT2D eigenvalue weighted by Gasteiger charge is 2.24. The van der Waals surface area contributed by atoms with Crippen molar-refractivity contribution < 1.29 is 24.2 Å². The Kier molecular flexibility index (Phi) is 8.61. The molecule has 1 amide bonds. The number of pyridine rings is 1. The van der Waals surface area contributed by atoms with Crippen LogP contribution in [0.2, 0.25) is 0 Å². The van der Waals surface area contributed by atoms with Crippen LogP contribution in [-0.4, -0.2) is 44.1 Å². The number of aromatic nitrogens is 1. The number of methoxy groups -OCH3 is 1. The molecule has 162 valence electrons. The molecule has 30 heavy (non-hydrogen) atoms.